The maximum absolute atomic E-state index is 9.49. The van der Waals surface area contributed by atoms with Crippen LogP contribution in [-0.4, -0.2) is 11.9 Å². The number of carbonyl (C=O) groups is 2. The van der Waals surface area contributed by atoms with E-state index in [0.29, 0.717) is 12.8 Å². The summed E-state index contributed by atoms with van der Waals surface area (Å²) in [6.07, 6.45) is 1.70. The standard InChI is InChI=1S/2C4H8O2.Pd/c2*1-2-3-4(5)6;/h2*2-3H2,1H3,(H,5,6);/q;;+2/p-2. The van der Waals surface area contributed by atoms with E-state index < -0.39 is 11.9 Å². The van der Waals surface area contributed by atoms with E-state index in [0.717, 1.165) is 0 Å². The van der Waals surface area contributed by atoms with Crippen LogP contribution in [0.3, 0.4) is 0 Å². The van der Waals surface area contributed by atoms with E-state index >= 15 is 0 Å². The molecule has 4 nitrogen and oxygen atoms in total. The van der Waals surface area contributed by atoms with Crippen molar-refractivity contribution >= 4 is 11.9 Å². The van der Waals surface area contributed by atoms with Gasteiger partial charge in [-0.05, 0) is 12.8 Å². The first kappa shape index (κ1) is 18.4. The first-order chi connectivity index (χ1) is 5.54. The molecule has 0 aliphatic heterocycles. The third-order valence-electron chi connectivity index (χ3n) is 0.908. The fraction of sp³-hybridized carbons (Fsp3) is 0.750. The minimum atomic E-state index is -0.961. The Bertz CT molecular complexity index is 120. The van der Waals surface area contributed by atoms with Crippen LogP contribution in [0.15, 0.2) is 0 Å². The Morgan fingerprint density at radius 1 is 0.923 bits per heavy atom. The van der Waals surface area contributed by atoms with Crippen LogP contribution in [0.1, 0.15) is 39.5 Å². The topological polar surface area (TPSA) is 80.3 Å². The van der Waals surface area contributed by atoms with Gasteiger partial charge in [-0.2, -0.15) is 0 Å². The average molecular weight is 281 g/mol. The largest absolute Gasteiger partial charge is 2.00 e. The fourth-order valence-corrected chi connectivity index (χ4v) is 0.408. The minimum Gasteiger partial charge on any atom is -0.550 e. The summed E-state index contributed by atoms with van der Waals surface area (Å²) in [6.45, 7) is 3.60. The second-order valence-electron chi connectivity index (χ2n) is 2.24. The van der Waals surface area contributed by atoms with E-state index in [4.69, 9.17) is 0 Å². The molecule has 0 radical (unpaired) electrons. The fourth-order valence-electron chi connectivity index (χ4n) is 0.408. The first-order valence-electron chi connectivity index (χ1n) is 3.94. The summed E-state index contributed by atoms with van der Waals surface area (Å²) in [7, 11) is 0. The van der Waals surface area contributed by atoms with Crippen molar-refractivity contribution in [1.29, 1.82) is 0 Å². The second kappa shape index (κ2) is 14.1. The molecule has 0 aromatic rings. The Hall–Kier alpha value is -0.398. The van der Waals surface area contributed by atoms with Gasteiger partial charge in [-0.1, -0.05) is 26.7 Å². The van der Waals surface area contributed by atoms with Crippen molar-refractivity contribution in [2.45, 2.75) is 39.5 Å². The van der Waals surface area contributed by atoms with Gasteiger partial charge in [0.15, 0.2) is 0 Å². The molecule has 0 amide bonds. The first-order valence-corrected chi connectivity index (χ1v) is 3.94. The van der Waals surface area contributed by atoms with Gasteiger partial charge in [-0.3, -0.25) is 0 Å². The number of hydrogen-bond acceptors (Lipinski definition) is 4. The van der Waals surface area contributed by atoms with Crippen molar-refractivity contribution in [3.05, 3.63) is 0 Å². The molecule has 0 rings (SSSR count). The van der Waals surface area contributed by atoms with Crippen LogP contribution in [-0.2, 0) is 30.0 Å². The average Bonchev–Trinajstić information content (AvgIpc) is 1.87. The minimum absolute atomic E-state index is 0. The summed E-state index contributed by atoms with van der Waals surface area (Å²) in [5.41, 5.74) is 0. The van der Waals surface area contributed by atoms with E-state index in [1.165, 1.54) is 0 Å². The molecule has 0 unspecified atom stereocenters. The zero-order valence-electron chi connectivity index (χ0n) is 7.78. The Morgan fingerprint density at radius 2 is 1.15 bits per heavy atom. The quantitative estimate of drug-likeness (QED) is 0.623. The molecule has 0 aromatic carbocycles. The van der Waals surface area contributed by atoms with Gasteiger partial charge in [0.1, 0.15) is 0 Å². The van der Waals surface area contributed by atoms with Gasteiger partial charge in [0.25, 0.3) is 0 Å². The smallest absolute Gasteiger partial charge is 0.550 e. The molecule has 0 aromatic heterocycles. The second-order valence-corrected chi connectivity index (χ2v) is 2.24. The molecule has 0 fully saturated rings. The molecule has 0 saturated carbocycles. The number of carboxylic acids is 2. The van der Waals surface area contributed by atoms with Gasteiger partial charge in [-0.15, -0.1) is 0 Å². The normalized spacial score (nSPS) is 7.54. The van der Waals surface area contributed by atoms with Gasteiger partial charge in [0, 0.05) is 11.9 Å². The summed E-state index contributed by atoms with van der Waals surface area (Å²) in [5, 5.41) is 19.0. The zero-order chi connectivity index (χ0) is 9.98. The van der Waals surface area contributed by atoms with E-state index in [2.05, 4.69) is 0 Å². The van der Waals surface area contributed by atoms with Crippen LogP contribution in [0.25, 0.3) is 0 Å². The molecule has 0 aliphatic carbocycles. The summed E-state index contributed by atoms with van der Waals surface area (Å²) in [6, 6.07) is 0. The van der Waals surface area contributed by atoms with Crippen LogP contribution in [0.2, 0.25) is 0 Å². The van der Waals surface area contributed by atoms with Crippen molar-refractivity contribution in [3.8, 4) is 0 Å². The van der Waals surface area contributed by atoms with Crippen LogP contribution in [0.4, 0.5) is 0 Å². The predicted molar refractivity (Wildman–Crippen MR) is 39.8 cm³/mol. The third-order valence-corrected chi connectivity index (χ3v) is 0.908. The SMILES string of the molecule is CCCC(=O)[O-].CCCC(=O)[O-].[Pd+2]. The summed E-state index contributed by atoms with van der Waals surface area (Å²) >= 11 is 0. The Balaban J connectivity index is -0.000000143. The molecule has 0 aliphatic rings. The summed E-state index contributed by atoms with van der Waals surface area (Å²) < 4.78 is 0. The van der Waals surface area contributed by atoms with E-state index in [9.17, 15) is 19.8 Å². The van der Waals surface area contributed by atoms with Crippen molar-refractivity contribution in [2.75, 3.05) is 0 Å². The molecule has 13 heavy (non-hydrogen) atoms. The van der Waals surface area contributed by atoms with Gasteiger partial charge in [0.05, 0.1) is 0 Å². The van der Waals surface area contributed by atoms with Crippen molar-refractivity contribution < 1.29 is 40.2 Å². The number of aliphatic carboxylic acids is 2. The molecule has 0 bridgehead atoms. The molecular formula is C8H14O4Pd. The van der Waals surface area contributed by atoms with Crippen molar-refractivity contribution in [3.63, 3.8) is 0 Å². The Kier molecular flexibility index (Phi) is 20.0. The number of rotatable bonds is 4. The number of carboxylic acid groups (broad SMARTS) is 2. The molecule has 80 valence electrons. The third kappa shape index (κ3) is 34.1. The Labute approximate surface area is 92.0 Å². The monoisotopic (exact) mass is 280 g/mol. The molecular weight excluding hydrogens is 267 g/mol. The van der Waals surface area contributed by atoms with Crippen LogP contribution in [0, 0.1) is 0 Å². The molecule has 0 spiro atoms. The van der Waals surface area contributed by atoms with E-state index in [1.54, 1.807) is 13.8 Å². The summed E-state index contributed by atoms with van der Waals surface area (Å²) in [4.78, 5) is 19.0. The molecule has 0 atom stereocenters. The maximum Gasteiger partial charge on any atom is 2.00 e. The van der Waals surface area contributed by atoms with Gasteiger partial charge >= 0.3 is 20.4 Å². The van der Waals surface area contributed by atoms with Crippen LogP contribution in [0.5, 0.6) is 0 Å². The number of hydrogen-bond donors (Lipinski definition) is 0. The zero-order valence-corrected chi connectivity index (χ0v) is 9.33. The van der Waals surface area contributed by atoms with Crippen LogP contribution >= 0.6 is 0 Å². The predicted octanol–water partition coefficient (Wildman–Crippen LogP) is -0.930. The molecule has 0 heterocycles. The number of carbonyl (C=O) groups excluding carboxylic acids is 2. The van der Waals surface area contributed by atoms with Gasteiger partial charge in [0.2, 0.25) is 0 Å². The summed E-state index contributed by atoms with van der Waals surface area (Å²) in [5.74, 6) is -1.92. The molecule has 0 saturated heterocycles. The Morgan fingerprint density at radius 3 is 1.15 bits per heavy atom. The van der Waals surface area contributed by atoms with Crippen molar-refractivity contribution in [2.24, 2.45) is 0 Å². The molecule has 0 N–H and O–H groups in total. The van der Waals surface area contributed by atoms with Gasteiger partial charge < -0.3 is 19.8 Å². The van der Waals surface area contributed by atoms with E-state index in [1.807, 2.05) is 0 Å². The maximum atomic E-state index is 9.49. The van der Waals surface area contributed by atoms with Crippen molar-refractivity contribution in [1.82, 2.24) is 0 Å². The molecule has 5 heteroatoms. The van der Waals surface area contributed by atoms with E-state index in [-0.39, 0.29) is 33.3 Å². The van der Waals surface area contributed by atoms with Gasteiger partial charge in [-0.25, -0.2) is 0 Å². The van der Waals surface area contributed by atoms with Crippen LogP contribution < -0.4 is 10.2 Å².